The predicted octanol–water partition coefficient (Wildman–Crippen LogP) is 4.06. The highest BCUT2D eigenvalue weighted by molar-refractivity contribution is 15.0. The van der Waals surface area contributed by atoms with Gasteiger partial charge in [0.05, 0.1) is 5.56 Å². The minimum Gasteiger partial charge on any atom is -0.399 e. The van der Waals surface area contributed by atoms with Gasteiger partial charge in [0.2, 0.25) is 0 Å². The molecule has 1 rings (SSSR count). The van der Waals surface area contributed by atoms with Crippen molar-refractivity contribution in [2.75, 3.05) is 5.73 Å². The van der Waals surface area contributed by atoms with E-state index in [1.165, 1.54) is 12.1 Å². The van der Waals surface area contributed by atoms with Gasteiger partial charge in [-0.15, -0.1) is 0 Å². The number of alkyl halides is 3. The molecule has 0 fully saturated rings. The molecule has 0 spiro atoms. The van der Waals surface area contributed by atoms with Crippen LogP contribution in [0, 0.1) is 0 Å². The predicted molar refractivity (Wildman–Crippen MR) is 63.9 cm³/mol. The topological polar surface area (TPSA) is 26.0 Å². The van der Waals surface area contributed by atoms with E-state index in [0.29, 0.717) is 5.69 Å². The van der Waals surface area contributed by atoms with Crippen LogP contribution in [0.2, 0.25) is 0 Å². The SMILES string of the molecule is II.Nc1ccc(C(F)(F)F)cc1. The second-order valence-electron chi connectivity index (χ2n) is 2.12. The summed E-state index contributed by atoms with van der Waals surface area (Å²) >= 11 is 4.24. The largest absolute Gasteiger partial charge is 0.416 e. The van der Waals surface area contributed by atoms with Crippen molar-refractivity contribution in [2.45, 2.75) is 6.18 Å². The average Bonchev–Trinajstić information content (AvgIpc) is 2.07. The summed E-state index contributed by atoms with van der Waals surface area (Å²) in [6, 6.07) is 4.36. The van der Waals surface area contributed by atoms with Gasteiger partial charge in [-0.3, -0.25) is 0 Å². The number of rotatable bonds is 0. The standard InChI is InChI=1S/C7H6F3N.I2/c8-7(9,10)5-1-3-6(11)4-2-5;1-2/h1-4H,11H2;. The van der Waals surface area contributed by atoms with Gasteiger partial charge in [0.1, 0.15) is 0 Å². The summed E-state index contributed by atoms with van der Waals surface area (Å²) in [5, 5.41) is 0. The number of halogens is 5. The third kappa shape index (κ3) is 4.89. The van der Waals surface area contributed by atoms with Gasteiger partial charge in [-0.1, -0.05) is 0 Å². The summed E-state index contributed by atoms with van der Waals surface area (Å²) in [5.74, 6) is 0. The molecule has 0 saturated heterocycles. The molecule has 0 saturated carbocycles. The Morgan fingerprint density at radius 2 is 1.38 bits per heavy atom. The Bertz CT molecular complexity index is 245. The molecule has 0 radical (unpaired) electrons. The Balaban J connectivity index is 0.000000671. The number of nitrogens with two attached hydrogens (primary N) is 1. The third-order valence-corrected chi connectivity index (χ3v) is 1.24. The second-order valence-corrected chi connectivity index (χ2v) is 2.12. The number of anilines is 1. The van der Waals surface area contributed by atoms with Gasteiger partial charge < -0.3 is 5.73 Å². The van der Waals surface area contributed by atoms with Gasteiger partial charge in [-0.25, -0.2) is 0 Å². The van der Waals surface area contributed by atoms with Crippen LogP contribution < -0.4 is 5.73 Å². The molecular formula is C7H6F3I2N. The van der Waals surface area contributed by atoms with Crippen molar-refractivity contribution in [3.63, 3.8) is 0 Å². The quantitative estimate of drug-likeness (QED) is 0.503. The highest BCUT2D eigenvalue weighted by Gasteiger charge is 2.29. The van der Waals surface area contributed by atoms with Crippen LogP contribution in [0.3, 0.4) is 0 Å². The Labute approximate surface area is 97.2 Å². The van der Waals surface area contributed by atoms with Crippen LogP contribution >= 0.6 is 37.2 Å². The van der Waals surface area contributed by atoms with E-state index in [0.717, 1.165) is 12.1 Å². The van der Waals surface area contributed by atoms with Gasteiger partial charge in [0.15, 0.2) is 0 Å². The van der Waals surface area contributed by atoms with Crippen LogP contribution in [0.25, 0.3) is 0 Å². The third-order valence-electron chi connectivity index (χ3n) is 1.24. The van der Waals surface area contributed by atoms with Crippen molar-refractivity contribution < 1.29 is 13.2 Å². The summed E-state index contributed by atoms with van der Waals surface area (Å²) in [4.78, 5) is 0. The molecule has 1 aromatic rings. The van der Waals surface area contributed by atoms with Crippen molar-refractivity contribution >= 4 is 42.9 Å². The van der Waals surface area contributed by atoms with Crippen LogP contribution in [0.4, 0.5) is 18.9 Å². The molecule has 1 aromatic carbocycles. The van der Waals surface area contributed by atoms with Crippen molar-refractivity contribution in [1.29, 1.82) is 0 Å². The summed E-state index contributed by atoms with van der Waals surface area (Å²) in [6.07, 6.45) is -4.27. The molecule has 13 heavy (non-hydrogen) atoms. The minimum absolute atomic E-state index is 0.331. The van der Waals surface area contributed by atoms with E-state index in [2.05, 4.69) is 37.2 Å². The summed E-state index contributed by atoms with van der Waals surface area (Å²) in [6.45, 7) is 0. The summed E-state index contributed by atoms with van der Waals surface area (Å²) < 4.78 is 35.6. The first-order valence-corrected chi connectivity index (χ1v) is 9.36. The van der Waals surface area contributed by atoms with Crippen LogP contribution in [0.1, 0.15) is 5.56 Å². The summed E-state index contributed by atoms with van der Waals surface area (Å²) in [5.41, 5.74) is 4.86. The normalized spacial score (nSPS) is 10.2. The van der Waals surface area contributed by atoms with E-state index in [4.69, 9.17) is 5.73 Å². The van der Waals surface area contributed by atoms with E-state index >= 15 is 0 Å². The Morgan fingerprint density at radius 3 is 1.69 bits per heavy atom. The van der Waals surface area contributed by atoms with E-state index < -0.39 is 11.7 Å². The lowest BCUT2D eigenvalue weighted by Crippen LogP contribution is -2.04. The maximum absolute atomic E-state index is 11.9. The van der Waals surface area contributed by atoms with Crippen LogP contribution in [0.15, 0.2) is 24.3 Å². The monoisotopic (exact) mass is 415 g/mol. The molecule has 0 aliphatic heterocycles. The number of benzene rings is 1. The molecule has 0 heterocycles. The fraction of sp³-hybridized carbons (Fsp3) is 0.143. The Hall–Kier alpha value is 0.270. The zero-order chi connectivity index (χ0) is 10.5. The molecule has 0 unspecified atom stereocenters. The lowest BCUT2D eigenvalue weighted by molar-refractivity contribution is -0.137. The first-order chi connectivity index (χ1) is 6.00. The molecule has 0 atom stereocenters. The second kappa shape index (κ2) is 5.89. The molecule has 0 aromatic heterocycles. The Morgan fingerprint density at radius 1 is 1.00 bits per heavy atom. The highest BCUT2D eigenvalue weighted by atomic mass is 128. The van der Waals surface area contributed by atoms with E-state index in [-0.39, 0.29) is 0 Å². The van der Waals surface area contributed by atoms with Crippen LogP contribution in [-0.2, 0) is 6.18 Å². The van der Waals surface area contributed by atoms with Crippen molar-refractivity contribution in [3.8, 4) is 0 Å². The first-order valence-electron chi connectivity index (χ1n) is 3.07. The molecule has 0 bridgehead atoms. The van der Waals surface area contributed by atoms with Gasteiger partial charge in [-0.05, 0) is 24.3 Å². The molecule has 2 N–H and O–H groups in total. The molecular weight excluding hydrogens is 409 g/mol. The van der Waals surface area contributed by atoms with Gasteiger partial charge in [0.25, 0.3) is 0 Å². The van der Waals surface area contributed by atoms with E-state index in [1.54, 1.807) is 0 Å². The number of hydrogen-bond donors (Lipinski definition) is 1. The maximum atomic E-state index is 11.9. The smallest absolute Gasteiger partial charge is 0.399 e. The zero-order valence-electron chi connectivity index (χ0n) is 6.28. The maximum Gasteiger partial charge on any atom is 0.416 e. The van der Waals surface area contributed by atoms with Crippen molar-refractivity contribution in [3.05, 3.63) is 29.8 Å². The molecule has 74 valence electrons. The molecule has 0 amide bonds. The fourth-order valence-corrected chi connectivity index (χ4v) is 0.672. The van der Waals surface area contributed by atoms with Gasteiger partial charge >= 0.3 is 6.18 Å². The van der Waals surface area contributed by atoms with E-state index in [1.807, 2.05) is 0 Å². The van der Waals surface area contributed by atoms with Gasteiger partial charge in [0, 0.05) is 42.9 Å². The lowest BCUT2D eigenvalue weighted by atomic mass is 10.2. The van der Waals surface area contributed by atoms with Crippen LogP contribution in [0.5, 0.6) is 0 Å². The lowest BCUT2D eigenvalue weighted by Gasteiger charge is -2.05. The number of hydrogen-bond acceptors (Lipinski definition) is 1. The van der Waals surface area contributed by atoms with Gasteiger partial charge in [-0.2, -0.15) is 13.2 Å². The summed E-state index contributed by atoms with van der Waals surface area (Å²) in [7, 11) is 0. The van der Waals surface area contributed by atoms with Crippen LogP contribution in [-0.4, -0.2) is 0 Å². The van der Waals surface area contributed by atoms with Crippen molar-refractivity contribution in [2.24, 2.45) is 0 Å². The van der Waals surface area contributed by atoms with E-state index in [9.17, 15) is 13.2 Å². The first kappa shape index (κ1) is 13.3. The molecule has 1 nitrogen and oxygen atoms in total. The molecule has 6 heteroatoms. The highest BCUT2D eigenvalue weighted by Crippen LogP contribution is 2.29. The Kier molecular flexibility index (Phi) is 6.01. The average molecular weight is 415 g/mol. The minimum atomic E-state index is -4.27. The fourth-order valence-electron chi connectivity index (χ4n) is 0.672. The molecule has 0 aliphatic rings. The number of nitrogen functional groups attached to an aromatic ring is 1. The molecule has 0 aliphatic carbocycles. The van der Waals surface area contributed by atoms with Crippen molar-refractivity contribution in [1.82, 2.24) is 0 Å². The zero-order valence-corrected chi connectivity index (χ0v) is 10.6.